The number of unbranched alkanes of at least 4 members (excludes halogenated alkanes) is 4. The average molecular weight is 509 g/mol. The summed E-state index contributed by atoms with van der Waals surface area (Å²) >= 11 is 0. The van der Waals surface area contributed by atoms with Crippen LogP contribution in [0.4, 0.5) is 0 Å². The topological polar surface area (TPSA) is 163 Å². The van der Waals surface area contributed by atoms with E-state index in [1.807, 2.05) is 13.8 Å². The van der Waals surface area contributed by atoms with Gasteiger partial charge in [0.2, 0.25) is 0 Å². The fraction of sp³-hybridized carbons (Fsp3) is 0.500. The molecule has 0 bridgehead atoms. The molecule has 0 spiro atoms. The van der Waals surface area contributed by atoms with Gasteiger partial charge in [-0.05, 0) is 35.8 Å². The molecule has 32 heavy (non-hydrogen) atoms. The van der Waals surface area contributed by atoms with E-state index in [0.717, 1.165) is 19.3 Å². The SMILES string of the molecule is CCCCCCCc1c(S(=O)(=O)O)c(S(=O)(=O)O)c(S(=O)(=O)O)c2cccc(CCC)c12. The van der Waals surface area contributed by atoms with Crippen molar-refractivity contribution >= 4 is 41.1 Å². The molecular formula is C20H28O9S3. The largest absolute Gasteiger partial charge is 0.297 e. The molecule has 0 fully saturated rings. The van der Waals surface area contributed by atoms with E-state index in [4.69, 9.17) is 0 Å². The molecule has 2 aromatic carbocycles. The molecule has 0 aliphatic heterocycles. The number of hydrogen-bond acceptors (Lipinski definition) is 6. The van der Waals surface area contributed by atoms with E-state index in [1.165, 1.54) is 12.1 Å². The van der Waals surface area contributed by atoms with E-state index in [2.05, 4.69) is 0 Å². The van der Waals surface area contributed by atoms with E-state index in [-0.39, 0.29) is 22.8 Å². The zero-order valence-corrected chi connectivity index (χ0v) is 20.4. The van der Waals surface area contributed by atoms with Crippen molar-refractivity contribution in [1.82, 2.24) is 0 Å². The zero-order valence-electron chi connectivity index (χ0n) is 17.9. The highest BCUT2D eigenvalue weighted by atomic mass is 32.2. The van der Waals surface area contributed by atoms with Crippen LogP contribution in [0.1, 0.15) is 63.5 Å². The van der Waals surface area contributed by atoms with Crippen LogP contribution in [0.25, 0.3) is 10.8 Å². The average Bonchev–Trinajstić information content (AvgIpc) is 2.64. The third-order valence-corrected chi connectivity index (χ3v) is 8.30. The molecule has 3 N–H and O–H groups in total. The molecule has 0 aromatic heterocycles. The quantitative estimate of drug-likeness (QED) is 0.300. The number of benzene rings is 2. The Balaban J connectivity index is 3.13. The second-order valence-electron chi connectivity index (χ2n) is 7.65. The predicted molar refractivity (Wildman–Crippen MR) is 120 cm³/mol. The van der Waals surface area contributed by atoms with E-state index in [0.29, 0.717) is 31.2 Å². The van der Waals surface area contributed by atoms with Gasteiger partial charge in [-0.2, -0.15) is 25.3 Å². The first-order chi connectivity index (χ1) is 14.7. The van der Waals surface area contributed by atoms with Crippen LogP contribution in [-0.4, -0.2) is 38.9 Å². The fourth-order valence-corrected chi connectivity index (χ4v) is 7.67. The van der Waals surface area contributed by atoms with Gasteiger partial charge in [-0.3, -0.25) is 13.7 Å². The van der Waals surface area contributed by atoms with Crippen molar-refractivity contribution in [3.05, 3.63) is 29.3 Å². The molecule has 0 radical (unpaired) electrons. The van der Waals surface area contributed by atoms with Crippen molar-refractivity contribution in [2.45, 2.75) is 79.9 Å². The van der Waals surface area contributed by atoms with E-state index in [9.17, 15) is 38.9 Å². The molecule has 2 aromatic rings. The lowest BCUT2D eigenvalue weighted by atomic mass is 9.93. The normalized spacial score (nSPS) is 13.0. The molecule has 0 aliphatic rings. The summed E-state index contributed by atoms with van der Waals surface area (Å²) < 4.78 is 103. The summed E-state index contributed by atoms with van der Waals surface area (Å²) in [6, 6.07) is 4.33. The summed E-state index contributed by atoms with van der Waals surface area (Å²) in [4.78, 5) is -4.01. The summed E-state index contributed by atoms with van der Waals surface area (Å²) in [5, 5.41) is -0.0977. The fourth-order valence-electron chi connectivity index (χ4n) is 4.01. The standard InChI is InChI=1S/C20H28O9S3/c1-3-5-6-7-8-12-15-17-14(10-4-2)11-9-13-16(17)19(31(24,25)26)20(32(27,28)29)18(15)30(21,22)23/h9,11,13H,3-8,10,12H2,1-2H3,(H,21,22,23)(H,24,25,26)(H,27,28,29). The van der Waals surface area contributed by atoms with Gasteiger partial charge in [-0.15, -0.1) is 0 Å². The second kappa shape index (κ2) is 10.1. The summed E-state index contributed by atoms with van der Waals surface area (Å²) in [6.07, 6.45) is 4.93. The lowest BCUT2D eigenvalue weighted by Crippen LogP contribution is -2.18. The van der Waals surface area contributed by atoms with Crippen molar-refractivity contribution in [1.29, 1.82) is 0 Å². The molecule has 12 heteroatoms. The maximum atomic E-state index is 12.4. The minimum absolute atomic E-state index is 0.0182. The highest BCUT2D eigenvalue weighted by molar-refractivity contribution is 7.90. The van der Waals surface area contributed by atoms with Crippen LogP contribution in [0, 0.1) is 0 Å². The van der Waals surface area contributed by atoms with Crippen molar-refractivity contribution in [3.8, 4) is 0 Å². The maximum Gasteiger partial charge on any atom is 0.297 e. The second-order valence-corrected chi connectivity index (χ2v) is 11.7. The number of fused-ring (bicyclic) bond motifs is 1. The first-order valence-electron chi connectivity index (χ1n) is 10.3. The van der Waals surface area contributed by atoms with Crippen LogP contribution in [0.5, 0.6) is 0 Å². The lowest BCUT2D eigenvalue weighted by Gasteiger charge is -2.20. The predicted octanol–water partition coefficient (Wildman–Crippen LogP) is 4.05. The van der Waals surface area contributed by atoms with Gasteiger partial charge in [0.25, 0.3) is 30.4 Å². The van der Waals surface area contributed by atoms with Crippen LogP contribution in [0.15, 0.2) is 32.9 Å². The van der Waals surface area contributed by atoms with Crippen molar-refractivity contribution < 1.29 is 38.9 Å². The number of aryl methyl sites for hydroxylation is 2. The van der Waals surface area contributed by atoms with Gasteiger partial charge < -0.3 is 0 Å². The van der Waals surface area contributed by atoms with Gasteiger partial charge in [0.1, 0.15) is 14.7 Å². The summed E-state index contributed by atoms with van der Waals surface area (Å²) in [5.41, 5.74) is 0.438. The maximum absolute atomic E-state index is 12.4. The van der Waals surface area contributed by atoms with Crippen LogP contribution < -0.4 is 0 Å². The van der Waals surface area contributed by atoms with Crippen molar-refractivity contribution in [2.24, 2.45) is 0 Å². The molecule has 0 amide bonds. The van der Waals surface area contributed by atoms with Gasteiger partial charge in [-0.25, -0.2) is 0 Å². The van der Waals surface area contributed by atoms with Crippen LogP contribution >= 0.6 is 0 Å². The Morgan fingerprint density at radius 1 is 0.656 bits per heavy atom. The first-order valence-corrected chi connectivity index (χ1v) is 14.6. The molecule has 0 saturated carbocycles. The Kier molecular flexibility index (Phi) is 8.46. The molecule has 0 saturated heterocycles. The van der Waals surface area contributed by atoms with Gasteiger partial charge in [-0.1, -0.05) is 64.2 Å². The van der Waals surface area contributed by atoms with Crippen molar-refractivity contribution in [2.75, 3.05) is 0 Å². The Morgan fingerprint density at radius 3 is 1.72 bits per heavy atom. The number of hydrogen-bond donors (Lipinski definition) is 3. The highest BCUT2D eigenvalue weighted by Gasteiger charge is 2.37. The van der Waals surface area contributed by atoms with Gasteiger partial charge in [0.15, 0.2) is 0 Å². The Hall–Kier alpha value is -1.57. The van der Waals surface area contributed by atoms with Crippen LogP contribution in [0.2, 0.25) is 0 Å². The summed E-state index contributed by atoms with van der Waals surface area (Å²) in [5.74, 6) is 0. The first kappa shape index (κ1) is 26.7. The minimum Gasteiger partial charge on any atom is -0.282 e. The molecule has 0 aliphatic carbocycles. The molecule has 0 heterocycles. The molecular weight excluding hydrogens is 480 g/mol. The van der Waals surface area contributed by atoms with Gasteiger partial charge in [0, 0.05) is 5.39 Å². The Morgan fingerprint density at radius 2 is 1.22 bits per heavy atom. The minimum atomic E-state index is -5.49. The number of rotatable bonds is 11. The third kappa shape index (κ3) is 5.86. The Bertz CT molecular complexity index is 1310. The molecule has 0 atom stereocenters. The van der Waals surface area contributed by atoms with Gasteiger partial charge >= 0.3 is 0 Å². The molecule has 180 valence electrons. The van der Waals surface area contributed by atoms with E-state index < -0.39 is 45.0 Å². The van der Waals surface area contributed by atoms with Crippen molar-refractivity contribution in [3.63, 3.8) is 0 Å². The third-order valence-electron chi connectivity index (χ3n) is 5.21. The van der Waals surface area contributed by atoms with E-state index >= 15 is 0 Å². The van der Waals surface area contributed by atoms with Crippen LogP contribution in [-0.2, 0) is 43.2 Å². The zero-order chi connectivity index (χ0) is 24.3. The smallest absolute Gasteiger partial charge is 0.282 e. The monoisotopic (exact) mass is 508 g/mol. The Labute approximate surface area is 189 Å². The molecule has 0 unspecified atom stereocenters. The van der Waals surface area contributed by atoms with Crippen LogP contribution in [0.3, 0.4) is 0 Å². The van der Waals surface area contributed by atoms with Gasteiger partial charge in [0.05, 0.1) is 0 Å². The molecule has 9 nitrogen and oxygen atoms in total. The van der Waals surface area contributed by atoms with E-state index in [1.54, 1.807) is 6.07 Å². The molecule has 2 rings (SSSR count). The summed E-state index contributed by atoms with van der Waals surface area (Å²) in [6.45, 7) is 3.87. The summed E-state index contributed by atoms with van der Waals surface area (Å²) in [7, 11) is -16.1. The lowest BCUT2D eigenvalue weighted by molar-refractivity contribution is 0.455. The highest BCUT2D eigenvalue weighted by Crippen LogP contribution is 2.41.